The minimum Gasteiger partial charge on any atom is -0.384 e. The van der Waals surface area contributed by atoms with Gasteiger partial charge in [-0.05, 0) is 37.8 Å². The number of likely N-dealkylation sites (tertiary alicyclic amines) is 1. The van der Waals surface area contributed by atoms with Gasteiger partial charge in [0.15, 0.2) is 0 Å². The van der Waals surface area contributed by atoms with Crippen LogP contribution in [0.2, 0.25) is 0 Å². The smallest absolute Gasteiger partial charge is 0.254 e. The summed E-state index contributed by atoms with van der Waals surface area (Å²) in [5, 5.41) is 0.877. The first-order chi connectivity index (χ1) is 10.1. The fraction of sp³-hybridized carbons (Fsp3) is 0.412. The maximum absolute atomic E-state index is 13.0. The number of pyridine rings is 1. The Labute approximate surface area is 125 Å². The Kier molecular flexibility index (Phi) is 3.53. The van der Waals surface area contributed by atoms with Gasteiger partial charge >= 0.3 is 0 Å². The summed E-state index contributed by atoms with van der Waals surface area (Å²) < 4.78 is 0. The van der Waals surface area contributed by atoms with Gasteiger partial charge < -0.3 is 10.6 Å². The van der Waals surface area contributed by atoms with E-state index in [2.05, 4.69) is 18.8 Å². The second-order valence-electron chi connectivity index (χ2n) is 5.97. The minimum atomic E-state index is 0.0688. The van der Waals surface area contributed by atoms with E-state index in [4.69, 9.17) is 5.73 Å². The number of carbonyl (C=O) groups excluding carboxylic acids is 1. The zero-order valence-electron chi connectivity index (χ0n) is 12.5. The number of benzene rings is 1. The number of nitrogens with zero attached hydrogens (tertiary/aromatic N) is 2. The molecule has 1 aromatic heterocycles. The van der Waals surface area contributed by atoms with Crippen molar-refractivity contribution >= 4 is 22.6 Å². The summed E-state index contributed by atoms with van der Waals surface area (Å²) in [6.45, 7) is 5.17. The number of nitrogen functional groups attached to an aromatic ring is 1. The number of amides is 1. The maximum Gasteiger partial charge on any atom is 0.254 e. The van der Waals surface area contributed by atoms with Gasteiger partial charge in [0, 0.05) is 18.0 Å². The topological polar surface area (TPSA) is 59.2 Å². The van der Waals surface area contributed by atoms with Crippen LogP contribution in [0.25, 0.3) is 10.9 Å². The van der Waals surface area contributed by atoms with Crippen molar-refractivity contribution in [2.24, 2.45) is 5.92 Å². The van der Waals surface area contributed by atoms with Crippen molar-refractivity contribution in [3.63, 3.8) is 0 Å². The molecule has 110 valence electrons. The molecular formula is C17H21N3O. The number of rotatable bonds is 1. The van der Waals surface area contributed by atoms with Crippen LogP contribution in [-0.4, -0.2) is 28.4 Å². The van der Waals surface area contributed by atoms with Crippen molar-refractivity contribution < 1.29 is 4.79 Å². The average Bonchev–Trinajstić information content (AvgIpc) is 2.48. The van der Waals surface area contributed by atoms with Crippen LogP contribution in [0, 0.1) is 5.92 Å². The molecule has 0 saturated carbocycles. The zero-order chi connectivity index (χ0) is 15.0. The van der Waals surface area contributed by atoms with Gasteiger partial charge in [0.05, 0.1) is 11.1 Å². The molecule has 0 radical (unpaired) electrons. The zero-order valence-corrected chi connectivity index (χ0v) is 12.5. The molecule has 2 unspecified atom stereocenters. The van der Waals surface area contributed by atoms with Crippen molar-refractivity contribution in [2.75, 3.05) is 12.3 Å². The van der Waals surface area contributed by atoms with E-state index in [9.17, 15) is 4.79 Å². The van der Waals surface area contributed by atoms with Crippen LogP contribution in [0.5, 0.6) is 0 Å². The third-order valence-electron chi connectivity index (χ3n) is 4.60. The SMILES string of the molecule is CC1CCCN(C(=O)c2cc(N)nc3ccccc23)C1C. The summed E-state index contributed by atoms with van der Waals surface area (Å²) in [6.07, 6.45) is 2.25. The van der Waals surface area contributed by atoms with E-state index < -0.39 is 0 Å². The van der Waals surface area contributed by atoms with Gasteiger partial charge in [-0.3, -0.25) is 4.79 Å². The first-order valence-electron chi connectivity index (χ1n) is 7.54. The highest BCUT2D eigenvalue weighted by molar-refractivity contribution is 6.07. The van der Waals surface area contributed by atoms with Crippen molar-refractivity contribution in [3.05, 3.63) is 35.9 Å². The van der Waals surface area contributed by atoms with Gasteiger partial charge in [-0.2, -0.15) is 0 Å². The molecule has 4 nitrogen and oxygen atoms in total. The molecule has 4 heteroatoms. The van der Waals surface area contributed by atoms with Crippen molar-refractivity contribution in [3.8, 4) is 0 Å². The summed E-state index contributed by atoms with van der Waals surface area (Å²) in [7, 11) is 0. The molecule has 3 rings (SSSR count). The minimum absolute atomic E-state index is 0.0688. The molecule has 1 aliphatic rings. The van der Waals surface area contributed by atoms with Gasteiger partial charge in [0.1, 0.15) is 5.82 Å². The van der Waals surface area contributed by atoms with Crippen LogP contribution in [0.4, 0.5) is 5.82 Å². The lowest BCUT2D eigenvalue weighted by Gasteiger charge is -2.38. The molecule has 2 heterocycles. The number of hydrogen-bond donors (Lipinski definition) is 1. The lowest BCUT2D eigenvalue weighted by atomic mass is 9.91. The molecule has 1 fully saturated rings. The van der Waals surface area contributed by atoms with Crippen LogP contribution in [0.3, 0.4) is 0 Å². The third kappa shape index (κ3) is 2.46. The first kappa shape index (κ1) is 13.9. The number of anilines is 1. The molecule has 21 heavy (non-hydrogen) atoms. The van der Waals surface area contributed by atoms with Crippen LogP contribution in [0.1, 0.15) is 37.0 Å². The van der Waals surface area contributed by atoms with Crippen LogP contribution in [0.15, 0.2) is 30.3 Å². The molecular weight excluding hydrogens is 262 g/mol. The fourth-order valence-corrected chi connectivity index (χ4v) is 3.15. The lowest BCUT2D eigenvalue weighted by Crippen LogP contribution is -2.46. The number of aromatic nitrogens is 1. The second kappa shape index (κ2) is 5.35. The summed E-state index contributed by atoms with van der Waals surface area (Å²) in [5.74, 6) is 1.00. The predicted octanol–water partition coefficient (Wildman–Crippen LogP) is 3.08. The second-order valence-corrected chi connectivity index (χ2v) is 5.97. The molecule has 1 aromatic carbocycles. The summed E-state index contributed by atoms with van der Waals surface area (Å²) in [4.78, 5) is 19.3. The van der Waals surface area contributed by atoms with Crippen molar-refractivity contribution in [1.29, 1.82) is 0 Å². The molecule has 1 amide bonds. The van der Waals surface area contributed by atoms with Crippen molar-refractivity contribution in [1.82, 2.24) is 9.88 Å². The number of carbonyl (C=O) groups is 1. The van der Waals surface area contributed by atoms with E-state index in [0.29, 0.717) is 17.3 Å². The van der Waals surface area contributed by atoms with Gasteiger partial charge in [0.2, 0.25) is 0 Å². The number of fused-ring (bicyclic) bond motifs is 1. The molecule has 2 atom stereocenters. The fourth-order valence-electron chi connectivity index (χ4n) is 3.15. The standard InChI is InChI=1S/C17H21N3O/c1-11-6-5-9-20(12(11)2)17(21)14-10-16(18)19-15-8-4-3-7-13(14)15/h3-4,7-8,10-12H,5-6,9H2,1-2H3,(H2,18,19). The van der Waals surface area contributed by atoms with E-state index in [1.54, 1.807) is 6.07 Å². The highest BCUT2D eigenvalue weighted by atomic mass is 16.2. The first-order valence-corrected chi connectivity index (χ1v) is 7.54. The Hall–Kier alpha value is -2.10. The normalized spacial score (nSPS) is 22.5. The third-order valence-corrected chi connectivity index (χ3v) is 4.60. The van der Waals surface area contributed by atoms with Crippen molar-refractivity contribution in [2.45, 2.75) is 32.7 Å². The van der Waals surface area contributed by atoms with Gasteiger partial charge in [-0.25, -0.2) is 4.98 Å². The van der Waals surface area contributed by atoms with E-state index in [1.165, 1.54) is 6.42 Å². The highest BCUT2D eigenvalue weighted by Gasteiger charge is 2.29. The molecule has 0 spiro atoms. The van der Waals surface area contributed by atoms with Gasteiger partial charge in [0.25, 0.3) is 5.91 Å². The maximum atomic E-state index is 13.0. The molecule has 0 bridgehead atoms. The number of piperidine rings is 1. The van der Waals surface area contributed by atoms with Gasteiger partial charge in [-0.15, -0.1) is 0 Å². The van der Waals surface area contributed by atoms with E-state index in [-0.39, 0.29) is 11.9 Å². The number of hydrogen-bond acceptors (Lipinski definition) is 3. The highest BCUT2D eigenvalue weighted by Crippen LogP contribution is 2.27. The quantitative estimate of drug-likeness (QED) is 0.875. The Morgan fingerprint density at radius 3 is 2.90 bits per heavy atom. The van der Waals surface area contributed by atoms with E-state index in [0.717, 1.165) is 23.9 Å². The van der Waals surface area contributed by atoms with Crippen LogP contribution >= 0.6 is 0 Å². The number of nitrogens with two attached hydrogens (primary N) is 1. The van der Waals surface area contributed by atoms with E-state index in [1.807, 2.05) is 29.2 Å². The predicted molar refractivity (Wildman–Crippen MR) is 85.1 cm³/mol. The molecule has 1 aliphatic heterocycles. The molecule has 2 N–H and O–H groups in total. The summed E-state index contributed by atoms with van der Waals surface area (Å²) in [5.41, 5.74) is 7.31. The summed E-state index contributed by atoms with van der Waals surface area (Å²) in [6, 6.07) is 9.64. The van der Waals surface area contributed by atoms with Crippen LogP contribution < -0.4 is 5.73 Å². The largest absolute Gasteiger partial charge is 0.384 e. The monoisotopic (exact) mass is 283 g/mol. The lowest BCUT2D eigenvalue weighted by molar-refractivity contribution is 0.0553. The Morgan fingerprint density at radius 1 is 1.33 bits per heavy atom. The summed E-state index contributed by atoms with van der Waals surface area (Å²) >= 11 is 0. The van der Waals surface area contributed by atoms with Gasteiger partial charge in [-0.1, -0.05) is 25.1 Å². The Balaban J connectivity index is 2.05. The molecule has 0 aliphatic carbocycles. The molecule has 2 aromatic rings. The van der Waals surface area contributed by atoms with E-state index >= 15 is 0 Å². The molecule has 1 saturated heterocycles. The average molecular weight is 283 g/mol. The Bertz CT molecular complexity index is 683. The number of para-hydroxylation sites is 1. The Morgan fingerprint density at radius 2 is 2.10 bits per heavy atom. The van der Waals surface area contributed by atoms with Crippen LogP contribution in [-0.2, 0) is 0 Å².